The zero-order chi connectivity index (χ0) is 11.7. The van der Waals surface area contributed by atoms with Gasteiger partial charge in [0.2, 0.25) is 0 Å². The van der Waals surface area contributed by atoms with Crippen LogP contribution in [0.25, 0.3) is 0 Å². The Morgan fingerprint density at radius 2 is 2.47 bits per heavy atom. The van der Waals surface area contributed by atoms with Gasteiger partial charge in [-0.3, -0.25) is 4.90 Å². The molecule has 1 aliphatic rings. The lowest BCUT2D eigenvalue weighted by molar-refractivity contribution is 0.238. The number of imidazole rings is 1. The number of nitrogens with one attached hydrogen (secondary N) is 1. The van der Waals surface area contributed by atoms with Gasteiger partial charge in [-0.1, -0.05) is 0 Å². The maximum Gasteiger partial charge on any atom is 0.123 e. The number of aromatic nitrogens is 3. The number of nitrogens with zero attached hydrogens (tertiary/aromatic N) is 3. The van der Waals surface area contributed by atoms with Crippen LogP contribution in [-0.2, 0) is 6.54 Å². The van der Waals surface area contributed by atoms with Gasteiger partial charge < -0.3 is 4.98 Å². The Balaban J connectivity index is 1.76. The second-order valence-electron chi connectivity index (χ2n) is 4.56. The fourth-order valence-corrected chi connectivity index (χ4v) is 3.00. The summed E-state index contributed by atoms with van der Waals surface area (Å²) in [5, 5.41) is 2.13. The molecule has 0 radical (unpaired) electrons. The summed E-state index contributed by atoms with van der Waals surface area (Å²) in [4.78, 5) is 14.6. The molecule has 1 fully saturated rings. The molecule has 0 spiro atoms. The second kappa shape index (κ2) is 4.58. The molecule has 0 aromatic carbocycles. The zero-order valence-electron chi connectivity index (χ0n) is 9.89. The number of aryl methyl sites for hydroxylation is 1. The largest absolute Gasteiger partial charge is 0.345 e. The highest BCUT2D eigenvalue weighted by atomic mass is 32.1. The molecule has 0 unspecified atom stereocenters. The molecule has 1 N–H and O–H groups in total. The lowest BCUT2D eigenvalue weighted by Crippen LogP contribution is -2.23. The van der Waals surface area contributed by atoms with Crippen LogP contribution in [0.5, 0.6) is 0 Å². The fraction of sp³-hybridized carbons (Fsp3) is 0.500. The summed E-state index contributed by atoms with van der Waals surface area (Å²) in [6.45, 7) is 4.13. The van der Waals surface area contributed by atoms with Crippen molar-refractivity contribution < 1.29 is 0 Å². The van der Waals surface area contributed by atoms with Crippen LogP contribution in [0.3, 0.4) is 0 Å². The minimum absolute atomic E-state index is 0.436. The first kappa shape index (κ1) is 10.9. The summed E-state index contributed by atoms with van der Waals surface area (Å²) in [7, 11) is 0. The van der Waals surface area contributed by atoms with Crippen LogP contribution in [0.1, 0.15) is 36.1 Å². The van der Waals surface area contributed by atoms with Gasteiger partial charge >= 0.3 is 0 Å². The molecule has 90 valence electrons. The molecule has 1 atom stereocenters. The number of aromatic amines is 1. The fourth-order valence-electron chi connectivity index (χ4n) is 2.45. The van der Waals surface area contributed by atoms with Crippen molar-refractivity contribution in [2.24, 2.45) is 0 Å². The molecule has 1 aliphatic heterocycles. The summed E-state index contributed by atoms with van der Waals surface area (Å²) in [6.07, 6.45) is 4.35. The van der Waals surface area contributed by atoms with Crippen LogP contribution in [0.15, 0.2) is 17.1 Å². The van der Waals surface area contributed by atoms with E-state index in [2.05, 4.69) is 32.2 Å². The Morgan fingerprint density at radius 1 is 1.53 bits per heavy atom. The monoisotopic (exact) mass is 248 g/mol. The Labute approximate surface area is 105 Å². The van der Waals surface area contributed by atoms with E-state index in [1.807, 2.05) is 11.7 Å². The topological polar surface area (TPSA) is 44.8 Å². The van der Waals surface area contributed by atoms with Crippen molar-refractivity contribution in [1.29, 1.82) is 0 Å². The van der Waals surface area contributed by atoms with E-state index in [0.717, 1.165) is 24.6 Å². The second-order valence-corrected chi connectivity index (χ2v) is 5.28. The van der Waals surface area contributed by atoms with Crippen molar-refractivity contribution in [3.05, 3.63) is 34.3 Å². The SMILES string of the molecule is Cc1cnc([C@@H]2CCCN2Cc2cscn2)[nH]1. The minimum atomic E-state index is 0.436. The molecule has 2 aromatic rings. The van der Waals surface area contributed by atoms with E-state index in [1.54, 1.807) is 11.3 Å². The van der Waals surface area contributed by atoms with Crippen LogP contribution >= 0.6 is 11.3 Å². The quantitative estimate of drug-likeness (QED) is 0.907. The number of likely N-dealkylation sites (tertiary alicyclic amines) is 1. The molecule has 3 rings (SSSR count). The van der Waals surface area contributed by atoms with Crippen LogP contribution in [0.2, 0.25) is 0 Å². The molecule has 4 nitrogen and oxygen atoms in total. The van der Waals surface area contributed by atoms with Gasteiger partial charge in [-0.15, -0.1) is 11.3 Å². The van der Waals surface area contributed by atoms with Gasteiger partial charge in [-0.2, -0.15) is 0 Å². The highest BCUT2D eigenvalue weighted by molar-refractivity contribution is 7.07. The number of H-pyrrole nitrogens is 1. The third-order valence-corrected chi connectivity index (χ3v) is 3.89. The van der Waals surface area contributed by atoms with Crippen molar-refractivity contribution in [1.82, 2.24) is 19.9 Å². The van der Waals surface area contributed by atoms with Crippen molar-refractivity contribution >= 4 is 11.3 Å². The van der Waals surface area contributed by atoms with E-state index in [1.165, 1.54) is 18.5 Å². The standard InChI is InChI=1S/C12H16N4S/c1-9-5-13-12(15-9)11-3-2-4-16(11)6-10-7-17-8-14-10/h5,7-8,11H,2-4,6H2,1H3,(H,13,15)/t11-/m0/s1. The first-order chi connectivity index (χ1) is 8.33. The number of thiazole rings is 1. The summed E-state index contributed by atoms with van der Waals surface area (Å²) in [6, 6.07) is 0.436. The molecule has 0 saturated carbocycles. The first-order valence-corrected chi connectivity index (χ1v) is 6.90. The number of rotatable bonds is 3. The van der Waals surface area contributed by atoms with E-state index in [9.17, 15) is 0 Å². The molecule has 2 aromatic heterocycles. The summed E-state index contributed by atoms with van der Waals surface area (Å²) in [5.41, 5.74) is 4.21. The van der Waals surface area contributed by atoms with Gasteiger partial charge in [-0.25, -0.2) is 9.97 Å². The average Bonchev–Trinajstić information content (AvgIpc) is 2.99. The molecule has 3 heterocycles. The van der Waals surface area contributed by atoms with E-state index in [0.29, 0.717) is 6.04 Å². The van der Waals surface area contributed by atoms with Crippen molar-refractivity contribution in [3.63, 3.8) is 0 Å². The average molecular weight is 248 g/mol. The first-order valence-electron chi connectivity index (χ1n) is 5.95. The molecule has 5 heteroatoms. The zero-order valence-corrected chi connectivity index (χ0v) is 10.7. The Bertz CT molecular complexity index is 476. The number of hydrogen-bond donors (Lipinski definition) is 1. The normalized spacial score (nSPS) is 21.1. The predicted octanol–water partition coefficient (Wildman–Crippen LogP) is 2.51. The molecule has 0 bridgehead atoms. The van der Waals surface area contributed by atoms with Crippen molar-refractivity contribution in [3.8, 4) is 0 Å². The third kappa shape index (κ3) is 2.25. The van der Waals surface area contributed by atoms with Crippen molar-refractivity contribution in [2.75, 3.05) is 6.54 Å². The molecule has 17 heavy (non-hydrogen) atoms. The van der Waals surface area contributed by atoms with Crippen LogP contribution in [0, 0.1) is 6.92 Å². The van der Waals surface area contributed by atoms with E-state index < -0.39 is 0 Å². The third-order valence-electron chi connectivity index (χ3n) is 3.25. The summed E-state index contributed by atoms with van der Waals surface area (Å²) in [5.74, 6) is 1.11. The van der Waals surface area contributed by atoms with Crippen LogP contribution in [0.4, 0.5) is 0 Å². The van der Waals surface area contributed by atoms with Gasteiger partial charge in [0.25, 0.3) is 0 Å². The molecule has 0 amide bonds. The summed E-state index contributed by atoms with van der Waals surface area (Å²) < 4.78 is 0. The smallest absolute Gasteiger partial charge is 0.123 e. The Kier molecular flexibility index (Phi) is 2.94. The Hall–Kier alpha value is -1.20. The lowest BCUT2D eigenvalue weighted by Gasteiger charge is -2.21. The van der Waals surface area contributed by atoms with E-state index in [4.69, 9.17) is 0 Å². The summed E-state index contributed by atoms with van der Waals surface area (Å²) >= 11 is 1.66. The van der Waals surface area contributed by atoms with Gasteiger partial charge in [0, 0.05) is 23.8 Å². The molecular formula is C12H16N4S. The highest BCUT2D eigenvalue weighted by Gasteiger charge is 2.28. The molecule has 0 aliphatic carbocycles. The predicted molar refractivity (Wildman–Crippen MR) is 67.8 cm³/mol. The van der Waals surface area contributed by atoms with Gasteiger partial charge in [0.1, 0.15) is 5.82 Å². The van der Waals surface area contributed by atoms with Crippen LogP contribution in [-0.4, -0.2) is 26.4 Å². The van der Waals surface area contributed by atoms with Crippen LogP contribution < -0.4 is 0 Å². The maximum absolute atomic E-state index is 4.46. The van der Waals surface area contributed by atoms with E-state index >= 15 is 0 Å². The van der Waals surface area contributed by atoms with Gasteiger partial charge in [0.15, 0.2) is 0 Å². The highest BCUT2D eigenvalue weighted by Crippen LogP contribution is 2.31. The van der Waals surface area contributed by atoms with Gasteiger partial charge in [0.05, 0.1) is 17.2 Å². The van der Waals surface area contributed by atoms with E-state index in [-0.39, 0.29) is 0 Å². The maximum atomic E-state index is 4.46. The van der Waals surface area contributed by atoms with Gasteiger partial charge in [-0.05, 0) is 26.3 Å². The number of hydrogen-bond acceptors (Lipinski definition) is 4. The molecular weight excluding hydrogens is 232 g/mol. The lowest BCUT2D eigenvalue weighted by atomic mass is 10.2. The Morgan fingerprint density at radius 3 is 3.18 bits per heavy atom. The van der Waals surface area contributed by atoms with Crippen molar-refractivity contribution in [2.45, 2.75) is 32.4 Å². The molecule has 1 saturated heterocycles. The minimum Gasteiger partial charge on any atom is -0.345 e.